The molecular weight excluding hydrogens is 286 g/mol. The van der Waals surface area contributed by atoms with E-state index in [1.807, 2.05) is 6.92 Å². The molecule has 1 aromatic rings. The van der Waals surface area contributed by atoms with Crippen molar-refractivity contribution in [2.75, 3.05) is 13.1 Å². The Kier molecular flexibility index (Phi) is 6.84. The first-order chi connectivity index (χ1) is 9.86. The van der Waals surface area contributed by atoms with E-state index in [1.54, 1.807) is 35.5 Å². The summed E-state index contributed by atoms with van der Waals surface area (Å²) in [7, 11) is -3.46. The van der Waals surface area contributed by atoms with Crippen LogP contribution in [-0.2, 0) is 10.0 Å². The average Bonchev–Trinajstić information content (AvgIpc) is 2.48. The lowest BCUT2D eigenvalue weighted by Crippen LogP contribution is -2.35. The molecule has 0 saturated heterocycles. The van der Waals surface area contributed by atoms with Crippen molar-refractivity contribution < 1.29 is 13.5 Å². The van der Waals surface area contributed by atoms with Crippen LogP contribution in [0.3, 0.4) is 0 Å². The third-order valence-electron chi connectivity index (χ3n) is 3.97. The highest BCUT2D eigenvalue weighted by Crippen LogP contribution is 2.21. The molecule has 0 spiro atoms. The number of benzene rings is 1. The molecule has 1 N–H and O–H groups in total. The molecule has 0 fully saturated rings. The fraction of sp³-hybridized carbons (Fsp3) is 0.625. The van der Waals surface area contributed by atoms with Gasteiger partial charge < -0.3 is 5.11 Å². The van der Waals surface area contributed by atoms with Crippen molar-refractivity contribution in [2.45, 2.75) is 51.5 Å². The van der Waals surface area contributed by atoms with Crippen LogP contribution < -0.4 is 0 Å². The Labute approximate surface area is 128 Å². The maximum absolute atomic E-state index is 12.7. The number of nitrogens with zero attached hydrogens (tertiary/aromatic N) is 1. The summed E-state index contributed by atoms with van der Waals surface area (Å²) in [6.45, 7) is 8.73. The third-order valence-corrected chi connectivity index (χ3v) is 5.92. The Morgan fingerprint density at radius 2 is 1.62 bits per heavy atom. The minimum absolute atomic E-state index is 0.291. The summed E-state index contributed by atoms with van der Waals surface area (Å²) >= 11 is 0. The van der Waals surface area contributed by atoms with Crippen LogP contribution in [-0.4, -0.2) is 30.9 Å². The summed E-state index contributed by atoms with van der Waals surface area (Å²) in [5, 5.41) is 9.50. The second kappa shape index (κ2) is 7.92. The summed E-state index contributed by atoms with van der Waals surface area (Å²) in [5.74, 6) is 0.386. The highest BCUT2D eigenvalue weighted by atomic mass is 32.2. The third kappa shape index (κ3) is 4.53. The zero-order chi connectivity index (χ0) is 16.0. The number of hydrogen-bond donors (Lipinski definition) is 1. The summed E-state index contributed by atoms with van der Waals surface area (Å²) in [4.78, 5) is 0.291. The van der Waals surface area contributed by atoms with E-state index >= 15 is 0 Å². The topological polar surface area (TPSA) is 57.6 Å². The van der Waals surface area contributed by atoms with Gasteiger partial charge in [0.25, 0.3) is 0 Å². The van der Waals surface area contributed by atoms with Gasteiger partial charge in [-0.1, -0.05) is 45.7 Å². The maximum atomic E-state index is 12.7. The van der Waals surface area contributed by atoms with Crippen LogP contribution in [0.25, 0.3) is 0 Å². The highest BCUT2D eigenvalue weighted by Gasteiger charge is 2.25. The van der Waals surface area contributed by atoms with Gasteiger partial charge in [0.2, 0.25) is 10.0 Å². The van der Waals surface area contributed by atoms with Gasteiger partial charge >= 0.3 is 0 Å². The first-order valence-corrected chi connectivity index (χ1v) is 9.08. The normalized spacial score (nSPS) is 13.9. The standard InChI is InChI=1S/C16H27NO3S/c1-5-14(6-2)12-17(7-3)21(19,20)16-10-8-15(9-11-16)13(4)18/h8-11,13-14,18H,5-7,12H2,1-4H3. The molecule has 0 aliphatic carbocycles. The van der Waals surface area contributed by atoms with Crippen LogP contribution in [0.15, 0.2) is 29.2 Å². The van der Waals surface area contributed by atoms with Gasteiger partial charge in [-0.25, -0.2) is 8.42 Å². The van der Waals surface area contributed by atoms with E-state index < -0.39 is 16.1 Å². The summed E-state index contributed by atoms with van der Waals surface area (Å²) in [6, 6.07) is 6.49. The quantitative estimate of drug-likeness (QED) is 0.802. The Morgan fingerprint density at radius 3 is 2.00 bits per heavy atom. The molecule has 5 heteroatoms. The predicted octanol–water partition coefficient (Wildman–Crippen LogP) is 3.19. The van der Waals surface area contributed by atoms with Gasteiger partial charge in [0, 0.05) is 13.1 Å². The molecule has 1 rings (SSSR count). The van der Waals surface area contributed by atoms with Crippen molar-refractivity contribution in [3.8, 4) is 0 Å². The van der Waals surface area contributed by atoms with E-state index in [0.717, 1.165) is 18.4 Å². The average molecular weight is 313 g/mol. The van der Waals surface area contributed by atoms with Crippen LogP contribution in [0.2, 0.25) is 0 Å². The molecule has 1 atom stereocenters. The van der Waals surface area contributed by atoms with Gasteiger partial charge in [-0.2, -0.15) is 4.31 Å². The van der Waals surface area contributed by atoms with Crippen LogP contribution in [0.4, 0.5) is 0 Å². The Hall–Kier alpha value is -0.910. The molecule has 1 unspecified atom stereocenters. The number of aliphatic hydroxyl groups is 1. The van der Waals surface area contributed by atoms with Gasteiger partial charge in [-0.05, 0) is 30.5 Å². The molecule has 1 aromatic carbocycles. The molecule has 21 heavy (non-hydrogen) atoms. The molecule has 120 valence electrons. The number of sulfonamides is 1. The van der Waals surface area contributed by atoms with E-state index in [4.69, 9.17) is 0 Å². The van der Waals surface area contributed by atoms with Crippen LogP contribution >= 0.6 is 0 Å². The smallest absolute Gasteiger partial charge is 0.243 e. The molecule has 0 aliphatic heterocycles. The van der Waals surface area contributed by atoms with Crippen LogP contribution in [0.5, 0.6) is 0 Å². The number of rotatable bonds is 8. The number of hydrogen-bond acceptors (Lipinski definition) is 3. The second-order valence-electron chi connectivity index (χ2n) is 5.38. The Morgan fingerprint density at radius 1 is 1.10 bits per heavy atom. The van der Waals surface area contributed by atoms with Gasteiger partial charge in [0.1, 0.15) is 0 Å². The van der Waals surface area contributed by atoms with Crippen LogP contribution in [0.1, 0.15) is 52.2 Å². The highest BCUT2D eigenvalue weighted by molar-refractivity contribution is 7.89. The molecule has 0 aromatic heterocycles. The lowest BCUT2D eigenvalue weighted by atomic mass is 10.0. The van der Waals surface area contributed by atoms with E-state index in [-0.39, 0.29) is 0 Å². The largest absolute Gasteiger partial charge is 0.389 e. The monoisotopic (exact) mass is 313 g/mol. The van der Waals surface area contributed by atoms with E-state index in [9.17, 15) is 13.5 Å². The van der Waals surface area contributed by atoms with Crippen molar-refractivity contribution in [2.24, 2.45) is 5.92 Å². The summed E-state index contributed by atoms with van der Waals surface area (Å²) < 4.78 is 26.9. The lowest BCUT2D eigenvalue weighted by molar-refractivity contribution is 0.199. The molecule has 0 amide bonds. The fourth-order valence-electron chi connectivity index (χ4n) is 2.30. The van der Waals surface area contributed by atoms with E-state index in [1.165, 1.54) is 0 Å². The minimum atomic E-state index is -3.46. The molecule has 0 bridgehead atoms. The molecule has 0 saturated carbocycles. The Balaban J connectivity index is 3.01. The number of aliphatic hydroxyl groups excluding tert-OH is 1. The molecule has 0 aliphatic rings. The molecule has 0 radical (unpaired) electrons. The summed E-state index contributed by atoms with van der Waals surface area (Å²) in [5.41, 5.74) is 0.719. The lowest BCUT2D eigenvalue weighted by Gasteiger charge is -2.25. The predicted molar refractivity (Wildman–Crippen MR) is 85.6 cm³/mol. The van der Waals surface area contributed by atoms with Gasteiger partial charge in [0.05, 0.1) is 11.0 Å². The second-order valence-corrected chi connectivity index (χ2v) is 7.32. The maximum Gasteiger partial charge on any atom is 0.243 e. The summed E-state index contributed by atoms with van der Waals surface area (Å²) in [6.07, 6.45) is 1.36. The molecule has 4 nitrogen and oxygen atoms in total. The van der Waals surface area contributed by atoms with E-state index in [2.05, 4.69) is 13.8 Å². The SMILES string of the molecule is CCC(CC)CN(CC)S(=O)(=O)c1ccc(C(C)O)cc1. The molecular formula is C16H27NO3S. The van der Waals surface area contributed by atoms with E-state index in [0.29, 0.717) is 23.9 Å². The van der Waals surface area contributed by atoms with Crippen molar-refractivity contribution in [1.29, 1.82) is 0 Å². The van der Waals surface area contributed by atoms with Gasteiger partial charge in [-0.3, -0.25) is 0 Å². The molecule has 0 heterocycles. The van der Waals surface area contributed by atoms with Crippen LogP contribution in [0, 0.1) is 5.92 Å². The van der Waals surface area contributed by atoms with Crippen molar-refractivity contribution >= 4 is 10.0 Å². The first-order valence-electron chi connectivity index (χ1n) is 7.64. The first kappa shape index (κ1) is 18.1. The van der Waals surface area contributed by atoms with Crippen molar-refractivity contribution in [1.82, 2.24) is 4.31 Å². The Bertz CT molecular complexity index is 519. The fourth-order valence-corrected chi connectivity index (χ4v) is 3.82. The zero-order valence-corrected chi connectivity index (χ0v) is 14.2. The van der Waals surface area contributed by atoms with Crippen molar-refractivity contribution in [3.63, 3.8) is 0 Å². The minimum Gasteiger partial charge on any atom is -0.389 e. The zero-order valence-electron chi connectivity index (χ0n) is 13.4. The van der Waals surface area contributed by atoms with Gasteiger partial charge in [-0.15, -0.1) is 0 Å². The van der Waals surface area contributed by atoms with Crippen molar-refractivity contribution in [3.05, 3.63) is 29.8 Å². The van der Waals surface area contributed by atoms with Gasteiger partial charge in [0.15, 0.2) is 0 Å².